The summed E-state index contributed by atoms with van der Waals surface area (Å²) in [4.78, 5) is 23.8. The van der Waals surface area contributed by atoms with Crippen LogP contribution in [0.5, 0.6) is 0 Å². The molecular formula is C23H12ClN9O. The van der Waals surface area contributed by atoms with Crippen molar-refractivity contribution in [3.05, 3.63) is 87.8 Å². The van der Waals surface area contributed by atoms with E-state index in [-0.39, 0.29) is 0 Å². The van der Waals surface area contributed by atoms with E-state index in [1.165, 1.54) is 0 Å². The Balaban J connectivity index is 1.40. The van der Waals surface area contributed by atoms with Crippen molar-refractivity contribution in [2.24, 2.45) is 9.98 Å². The molecule has 0 spiro atoms. The number of benzene rings is 2. The second-order valence-corrected chi connectivity index (χ2v) is 7.94. The third-order valence-corrected chi connectivity index (χ3v) is 5.80. The number of fused-ring (bicyclic) bond motifs is 2. The molecule has 4 heterocycles. The van der Waals surface area contributed by atoms with Gasteiger partial charge in [0.05, 0.1) is 57.7 Å². The first-order chi connectivity index (χ1) is 16.6. The monoisotopic (exact) mass is 465 g/mol. The molecule has 11 heteroatoms. The van der Waals surface area contributed by atoms with Crippen molar-refractivity contribution in [1.29, 1.82) is 5.26 Å². The van der Waals surface area contributed by atoms with Crippen molar-refractivity contribution in [2.75, 3.05) is 0 Å². The standard InChI is InChI=1S/C23H12ClN9O/c24-16-7-13(10-25)1-2-14(16)12-32-21(5-6-27-32)19-9-22-20(11-26-19)30-31-33(22)15-3-4-17-18(8-15)29-23(34)28-17/h1-9,11H,12H2. The zero-order valence-corrected chi connectivity index (χ0v) is 18.0. The fourth-order valence-corrected chi connectivity index (χ4v) is 4.04. The average Bonchev–Trinajstić information content (AvgIpc) is 3.56. The highest BCUT2D eigenvalue weighted by atomic mass is 35.5. The Morgan fingerprint density at radius 3 is 2.76 bits per heavy atom. The number of pyridine rings is 1. The summed E-state index contributed by atoms with van der Waals surface area (Å²) in [6.07, 6.45) is 3.34. The summed E-state index contributed by atoms with van der Waals surface area (Å²) in [6, 6.07) is 15.8. The molecule has 10 nitrogen and oxygen atoms in total. The molecule has 0 atom stereocenters. The average molecular weight is 466 g/mol. The normalized spacial score (nSPS) is 12.3. The number of aromatic nitrogens is 6. The molecule has 0 saturated carbocycles. The molecule has 0 radical (unpaired) electrons. The number of urea groups is 1. The quantitative estimate of drug-likeness (QED) is 0.401. The lowest BCUT2D eigenvalue weighted by Crippen LogP contribution is -2.22. The van der Waals surface area contributed by atoms with Crippen molar-refractivity contribution in [2.45, 2.75) is 6.54 Å². The highest BCUT2D eigenvalue weighted by Crippen LogP contribution is 2.25. The molecule has 34 heavy (non-hydrogen) atoms. The van der Waals surface area contributed by atoms with Crippen molar-refractivity contribution in [1.82, 2.24) is 29.8 Å². The van der Waals surface area contributed by atoms with Gasteiger partial charge >= 0.3 is 6.03 Å². The van der Waals surface area contributed by atoms with Crippen LogP contribution in [0, 0.1) is 11.3 Å². The Morgan fingerprint density at radius 1 is 1.03 bits per heavy atom. The molecule has 0 N–H and O–H groups in total. The topological polar surface area (TPSA) is 127 Å². The Hall–Kier alpha value is -4.75. The van der Waals surface area contributed by atoms with Gasteiger partial charge < -0.3 is 0 Å². The van der Waals surface area contributed by atoms with Gasteiger partial charge in [0.1, 0.15) is 5.52 Å². The van der Waals surface area contributed by atoms with Crippen molar-refractivity contribution < 1.29 is 4.79 Å². The molecule has 1 aliphatic heterocycles. The van der Waals surface area contributed by atoms with Gasteiger partial charge in [-0.25, -0.2) is 9.48 Å². The number of carbonyl (C=O) groups is 1. The number of hydrogen-bond acceptors (Lipinski definition) is 6. The predicted octanol–water partition coefficient (Wildman–Crippen LogP) is 2.63. The number of nitriles is 1. The van der Waals surface area contributed by atoms with E-state index < -0.39 is 6.03 Å². The molecule has 0 bridgehead atoms. The summed E-state index contributed by atoms with van der Waals surface area (Å²) in [5.74, 6) is 0. The highest BCUT2D eigenvalue weighted by Gasteiger charge is 2.15. The second kappa shape index (κ2) is 7.68. The van der Waals surface area contributed by atoms with E-state index >= 15 is 0 Å². The van der Waals surface area contributed by atoms with Gasteiger partial charge in [0.15, 0.2) is 0 Å². The van der Waals surface area contributed by atoms with E-state index in [1.54, 1.807) is 46.0 Å². The van der Waals surface area contributed by atoms with Crippen LogP contribution in [0.3, 0.4) is 0 Å². The summed E-state index contributed by atoms with van der Waals surface area (Å²) in [6.45, 7) is 0.411. The van der Waals surface area contributed by atoms with Crippen LogP contribution in [0.2, 0.25) is 5.02 Å². The molecule has 2 amide bonds. The summed E-state index contributed by atoms with van der Waals surface area (Å²) in [5, 5.41) is 23.5. The van der Waals surface area contributed by atoms with Gasteiger partial charge in [0, 0.05) is 11.2 Å². The van der Waals surface area contributed by atoms with Gasteiger partial charge in [-0.15, -0.1) is 5.10 Å². The second-order valence-electron chi connectivity index (χ2n) is 7.53. The number of rotatable bonds is 4. The third kappa shape index (κ3) is 3.32. The van der Waals surface area contributed by atoms with Gasteiger partial charge in [0.2, 0.25) is 0 Å². The zero-order valence-electron chi connectivity index (χ0n) is 17.3. The molecule has 0 saturated heterocycles. The van der Waals surface area contributed by atoms with Gasteiger partial charge in [0.25, 0.3) is 0 Å². The van der Waals surface area contributed by atoms with Gasteiger partial charge in [-0.05, 0) is 48.0 Å². The Kier molecular flexibility index (Phi) is 4.50. The molecule has 3 aromatic heterocycles. The van der Waals surface area contributed by atoms with Crippen LogP contribution in [-0.2, 0) is 6.54 Å². The van der Waals surface area contributed by atoms with E-state index in [4.69, 9.17) is 16.9 Å². The summed E-state index contributed by atoms with van der Waals surface area (Å²) < 4.78 is 3.45. The number of hydrogen-bond donors (Lipinski definition) is 0. The zero-order chi connectivity index (χ0) is 23.2. The van der Waals surface area contributed by atoms with Crippen LogP contribution in [0.25, 0.3) is 28.1 Å². The molecule has 2 aromatic carbocycles. The first-order valence-electron chi connectivity index (χ1n) is 10.1. The number of carbonyl (C=O) groups excluding carboxylic acids is 1. The minimum Gasteiger partial charge on any atom is -0.259 e. The summed E-state index contributed by atoms with van der Waals surface area (Å²) in [5.41, 5.74) is 4.83. The fourth-order valence-electron chi connectivity index (χ4n) is 3.80. The van der Waals surface area contributed by atoms with E-state index in [0.717, 1.165) is 16.8 Å². The van der Waals surface area contributed by atoms with Crippen molar-refractivity contribution in [3.8, 4) is 23.1 Å². The SMILES string of the molecule is N#Cc1ccc(Cn2nccc2-c2cc3c(cn2)nnn3-c2ccc3c(c2)=NC(=O)N=3)c(Cl)c1. The maximum Gasteiger partial charge on any atom is 0.368 e. The maximum absolute atomic E-state index is 11.5. The van der Waals surface area contributed by atoms with Crippen molar-refractivity contribution in [3.63, 3.8) is 0 Å². The molecular weight excluding hydrogens is 454 g/mol. The molecule has 6 rings (SSSR count). The molecule has 0 fully saturated rings. The third-order valence-electron chi connectivity index (χ3n) is 5.45. The fraction of sp³-hybridized carbons (Fsp3) is 0.0435. The predicted molar refractivity (Wildman–Crippen MR) is 121 cm³/mol. The van der Waals surface area contributed by atoms with Crippen LogP contribution in [0.1, 0.15) is 11.1 Å². The lowest BCUT2D eigenvalue weighted by molar-refractivity contribution is 0.256. The Bertz CT molecular complexity index is 1800. The minimum atomic E-state index is -0.516. The first-order valence-corrected chi connectivity index (χ1v) is 10.5. The van der Waals surface area contributed by atoms with E-state index in [1.807, 2.05) is 24.3 Å². The lowest BCUT2D eigenvalue weighted by Gasteiger charge is -2.09. The van der Waals surface area contributed by atoms with Crippen LogP contribution in [0.15, 0.2) is 70.9 Å². The molecule has 162 valence electrons. The number of halogens is 1. The largest absolute Gasteiger partial charge is 0.368 e. The molecule has 1 aliphatic rings. The molecule has 0 aliphatic carbocycles. The Labute approximate surface area is 196 Å². The lowest BCUT2D eigenvalue weighted by atomic mass is 10.1. The minimum absolute atomic E-state index is 0.411. The van der Waals surface area contributed by atoms with E-state index in [0.29, 0.717) is 44.7 Å². The summed E-state index contributed by atoms with van der Waals surface area (Å²) in [7, 11) is 0. The number of amides is 2. The van der Waals surface area contributed by atoms with Crippen LogP contribution < -0.4 is 10.7 Å². The van der Waals surface area contributed by atoms with E-state index in [9.17, 15) is 4.79 Å². The smallest absolute Gasteiger partial charge is 0.259 e. The Morgan fingerprint density at radius 2 is 1.91 bits per heavy atom. The van der Waals surface area contributed by atoms with Crippen molar-refractivity contribution >= 4 is 28.7 Å². The highest BCUT2D eigenvalue weighted by molar-refractivity contribution is 6.31. The van der Waals surface area contributed by atoms with Crippen LogP contribution >= 0.6 is 11.6 Å². The number of nitrogens with zero attached hydrogens (tertiary/aromatic N) is 9. The van der Waals surface area contributed by atoms with E-state index in [2.05, 4.69) is 36.4 Å². The molecule has 0 unspecified atom stereocenters. The van der Waals surface area contributed by atoms with Crippen LogP contribution in [-0.4, -0.2) is 35.8 Å². The van der Waals surface area contributed by atoms with Gasteiger partial charge in [-0.1, -0.05) is 22.9 Å². The maximum atomic E-state index is 11.5. The summed E-state index contributed by atoms with van der Waals surface area (Å²) >= 11 is 6.36. The first kappa shape index (κ1) is 19.9. The van der Waals surface area contributed by atoms with Crippen LogP contribution in [0.4, 0.5) is 4.79 Å². The van der Waals surface area contributed by atoms with Gasteiger partial charge in [-0.3, -0.25) is 9.67 Å². The van der Waals surface area contributed by atoms with Gasteiger partial charge in [-0.2, -0.15) is 20.3 Å². The molecule has 5 aromatic rings.